The van der Waals surface area contributed by atoms with E-state index in [1.807, 2.05) is 18.2 Å². The van der Waals surface area contributed by atoms with Gasteiger partial charge in [0, 0.05) is 9.77 Å². The Hall–Kier alpha value is 0.0400. The lowest BCUT2D eigenvalue weighted by Gasteiger charge is -2.11. The first kappa shape index (κ1) is 12.5. The first-order valence-electron chi connectivity index (χ1n) is 4.74. The van der Waals surface area contributed by atoms with E-state index in [1.165, 1.54) is 15.3 Å². The summed E-state index contributed by atoms with van der Waals surface area (Å²) in [5.41, 5.74) is 1.19. The van der Waals surface area contributed by atoms with Crippen LogP contribution in [0.1, 0.15) is 15.8 Å². The van der Waals surface area contributed by atoms with Crippen molar-refractivity contribution in [3.8, 4) is 0 Å². The van der Waals surface area contributed by atoms with Gasteiger partial charge in [-0.3, -0.25) is 0 Å². The summed E-state index contributed by atoms with van der Waals surface area (Å²) in [6.45, 7) is 0. The summed E-state index contributed by atoms with van der Waals surface area (Å²) in [4.78, 5) is 2.42. The molecule has 2 aromatic rings. The van der Waals surface area contributed by atoms with Crippen molar-refractivity contribution in [2.75, 3.05) is 6.26 Å². The fraction of sp³-hybridized carbons (Fsp3) is 0.167. The van der Waals surface area contributed by atoms with Crippen molar-refractivity contribution in [2.24, 2.45) is 0 Å². The van der Waals surface area contributed by atoms with E-state index in [1.54, 1.807) is 23.1 Å². The van der Waals surface area contributed by atoms with Gasteiger partial charge in [0.25, 0.3) is 0 Å². The molecule has 1 atom stereocenters. The molecule has 0 radical (unpaired) electrons. The molecule has 1 unspecified atom stereocenters. The van der Waals surface area contributed by atoms with Crippen LogP contribution < -0.4 is 0 Å². The first-order valence-corrected chi connectivity index (χ1v) is 8.01. The molecule has 16 heavy (non-hydrogen) atoms. The number of hydrogen-bond acceptors (Lipinski definition) is 2. The predicted molar refractivity (Wildman–Crippen MR) is 77.9 cm³/mol. The summed E-state index contributed by atoms with van der Waals surface area (Å²) in [6.07, 6.45) is 2.08. The minimum atomic E-state index is -0.0556. The van der Waals surface area contributed by atoms with Crippen molar-refractivity contribution in [2.45, 2.75) is 10.3 Å². The monoisotopic (exact) mass is 332 g/mol. The second-order valence-corrected chi connectivity index (χ2v) is 7.03. The molecular formula is C12H10BrClS2. The Labute approximate surface area is 117 Å². The van der Waals surface area contributed by atoms with Crippen LogP contribution in [0.15, 0.2) is 45.1 Å². The molecule has 0 nitrogen and oxygen atoms in total. The molecule has 0 saturated heterocycles. The third kappa shape index (κ3) is 2.65. The summed E-state index contributed by atoms with van der Waals surface area (Å²) in [5, 5.41) is -0.0556. The molecular weight excluding hydrogens is 324 g/mol. The summed E-state index contributed by atoms with van der Waals surface area (Å²) in [7, 11) is 0. The molecule has 84 valence electrons. The molecule has 0 aliphatic heterocycles. The number of benzene rings is 1. The van der Waals surface area contributed by atoms with Gasteiger partial charge in [-0.05, 0) is 45.9 Å². The average molecular weight is 334 g/mol. The van der Waals surface area contributed by atoms with Gasteiger partial charge in [-0.15, -0.1) is 34.7 Å². The Balaban J connectivity index is 2.36. The van der Waals surface area contributed by atoms with Crippen molar-refractivity contribution in [3.63, 3.8) is 0 Å². The van der Waals surface area contributed by atoms with Crippen LogP contribution in [0.3, 0.4) is 0 Å². The first-order chi connectivity index (χ1) is 7.72. The molecule has 1 heterocycles. The van der Waals surface area contributed by atoms with Crippen LogP contribution in [-0.2, 0) is 0 Å². The SMILES string of the molecule is CSc1ccccc1C(Cl)c1ccc(Br)s1. The van der Waals surface area contributed by atoms with Crippen molar-refractivity contribution < 1.29 is 0 Å². The Kier molecular flexibility index (Phi) is 4.36. The highest BCUT2D eigenvalue weighted by Gasteiger charge is 2.15. The second kappa shape index (κ2) is 5.58. The molecule has 4 heteroatoms. The van der Waals surface area contributed by atoms with Gasteiger partial charge in [0.15, 0.2) is 0 Å². The average Bonchev–Trinajstić information content (AvgIpc) is 2.75. The Morgan fingerprint density at radius 3 is 2.62 bits per heavy atom. The van der Waals surface area contributed by atoms with Crippen LogP contribution in [0, 0.1) is 0 Å². The quantitative estimate of drug-likeness (QED) is 0.523. The molecule has 0 N–H and O–H groups in total. The third-order valence-electron chi connectivity index (χ3n) is 2.26. The van der Waals surface area contributed by atoms with Crippen LogP contribution in [0.25, 0.3) is 0 Å². The molecule has 0 amide bonds. The second-order valence-electron chi connectivity index (χ2n) is 3.25. The smallest absolute Gasteiger partial charge is 0.0938 e. The van der Waals surface area contributed by atoms with Gasteiger partial charge < -0.3 is 0 Å². The van der Waals surface area contributed by atoms with E-state index in [0.29, 0.717) is 0 Å². The fourth-order valence-electron chi connectivity index (χ4n) is 1.49. The van der Waals surface area contributed by atoms with Gasteiger partial charge in [-0.1, -0.05) is 18.2 Å². The maximum Gasteiger partial charge on any atom is 0.0938 e. The molecule has 0 bridgehead atoms. The molecule has 0 aliphatic carbocycles. The van der Waals surface area contributed by atoms with E-state index in [0.717, 1.165) is 3.79 Å². The van der Waals surface area contributed by atoms with E-state index in [9.17, 15) is 0 Å². The van der Waals surface area contributed by atoms with Gasteiger partial charge in [-0.25, -0.2) is 0 Å². The summed E-state index contributed by atoms with van der Waals surface area (Å²) >= 11 is 13.4. The predicted octanol–water partition coefficient (Wildman–Crippen LogP) is 5.56. The van der Waals surface area contributed by atoms with Crippen molar-refractivity contribution in [3.05, 3.63) is 50.6 Å². The number of alkyl halides is 1. The van der Waals surface area contributed by atoms with Crippen molar-refractivity contribution >= 4 is 50.6 Å². The Morgan fingerprint density at radius 2 is 2.00 bits per heavy atom. The van der Waals surface area contributed by atoms with E-state index in [4.69, 9.17) is 11.6 Å². The lowest BCUT2D eigenvalue weighted by Crippen LogP contribution is -1.92. The number of rotatable bonds is 3. The molecule has 2 rings (SSSR count). The fourth-order valence-corrected chi connectivity index (χ4v) is 4.01. The topological polar surface area (TPSA) is 0 Å². The molecule has 1 aromatic heterocycles. The zero-order chi connectivity index (χ0) is 11.5. The highest BCUT2D eigenvalue weighted by Crippen LogP contribution is 2.38. The molecule has 0 aliphatic rings. The third-order valence-corrected chi connectivity index (χ3v) is 5.36. The minimum absolute atomic E-state index is 0.0556. The van der Waals surface area contributed by atoms with Crippen molar-refractivity contribution in [1.82, 2.24) is 0 Å². The number of halogens is 2. The standard InChI is InChI=1S/C12H10BrClS2/c1-15-9-5-3-2-4-8(9)12(14)10-6-7-11(13)16-10/h2-7,12H,1H3. The van der Waals surface area contributed by atoms with Crippen molar-refractivity contribution in [1.29, 1.82) is 0 Å². The Bertz CT molecular complexity index is 481. The van der Waals surface area contributed by atoms with Gasteiger partial charge in [0.05, 0.1) is 9.16 Å². The number of hydrogen-bond donors (Lipinski definition) is 0. The largest absolute Gasteiger partial charge is 0.131 e. The number of thiophene rings is 1. The van der Waals surface area contributed by atoms with Gasteiger partial charge in [0.2, 0.25) is 0 Å². The zero-order valence-electron chi connectivity index (χ0n) is 8.61. The summed E-state index contributed by atoms with van der Waals surface area (Å²) in [5.74, 6) is 0. The van der Waals surface area contributed by atoms with Crippen LogP contribution in [-0.4, -0.2) is 6.26 Å². The van der Waals surface area contributed by atoms with Gasteiger partial charge in [-0.2, -0.15) is 0 Å². The maximum atomic E-state index is 6.51. The summed E-state index contributed by atoms with van der Waals surface area (Å²) in [6, 6.07) is 12.4. The van der Waals surface area contributed by atoms with Gasteiger partial charge >= 0.3 is 0 Å². The number of thioether (sulfide) groups is 1. The van der Waals surface area contributed by atoms with E-state index < -0.39 is 0 Å². The van der Waals surface area contributed by atoms with Crippen LogP contribution >= 0.6 is 50.6 Å². The zero-order valence-corrected chi connectivity index (χ0v) is 12.6. The lowest BCUT2D eigenvalue weighted by molar-refractivity contribution is 1.12. The van der Waals surface area contributed by atoms with E-state index in [-0.39, 0.29) is 5.38 Å². The van der Waals surface area contributed by atoms with Crippen LogP contribution in [0.4, 0.5) is 0 Å². The summed E-state index contributed by atoms with van der Waals surface area (Å²) < 4.78 is 1.12. The normalized spacial score (nSPS) is 12.7. The lowest BCUT2D eigenvalue weighted by atomic mass is 10.1. The molecule has 0 fully saturated rings. The molecule has 0 spiro atoms. The Morgan fingerprint density at radius 1 is 1.25 bits per heavy atom. The maximum absolute atomic E-state index is 6.51. The van der Waals surface area contributed by atoms with E-state index >= 15 is 0 Å². The van der Waals surface area contributed by atoms with Crippen LogP contribution in [0.2, 0.25) is 0 Å². The van der Waals surface area contributed by atoms with E-state index in [2.05, 4.69) is 40.4 Å². The highest BCUT2D eigenvalue weighted by atomic mass is 79.9. The molecule has 0 saturated carbocycles. The highest BCUT2D eigenvalue weighted by molar-refractivity contribution is 9.11. The van der Waals surface area contributed by atoms with Crippen LogP contribution in [0.5, 0.6) is 0 Å². The minimum Gasteiger partial charge on any atom is -0.131 e. The van der Waals surface area contributed by atoms with Gasteiger partial charge in [0.1, 0.15) is 0 Å². The molecule has 1 aromatic carbocycles.